The number of hydrogen-bond donors (Lipinski definition) is 1. The summed E-state index contributed by atoms with van der Waals surface area (Å²) in [5.41, 5.74) is 1.03. The van der Waals surface area contributed by atoms with E-state index in [0.717, 1.165) is 31.6 Å². The van der Waals surface area contributed by atoms with Gasteiger partial charge in [-0.3, -0.25) is 0 Å². The van der Waals surface area contributed by atoms with Crippen molar-refractivity contribution < 1.29 is 9.53 Å². The number of nitrogens with one attached hydrogen (secondary N) is 1. The average molecular weight is 276 g/mol. The highest BCUT2D eigenvalue weighted by molar-refractivity contribution is 5.68. The topological polar surface area (TPSA) is 41.6 Å². The molecule has 20 heavy (non-hydrogen) atoms. The van der Waals surface area contributed by atoms with Crippen LogP contribution in [0.5, 0.6) is 0 Å². The van der Waals surface area contributed by atoms with Gasteiger partial charge in [0.1, 0.15) is 6.61 Å². The number of nitrogens with zero attached hydrogens (tertiary/aromatic N) is 1. The molecule has 1 saturated heterocycles. The van der Waals surface area contributed by atoms with Crippen LogP contribution in [0.15, 0.2) is 30.3 Å². The monoisotopic (exact) mass is 276 g/mol. The smallest absolute Gasteiger partial charge is 0.410 e. The highest BCUT2D eigenvalue weighted by Gasteiger charge is 2.27. The van der Waals surface area contributed by atoms with Crippen LogP contribution in [-0.4, -0.2) is 36.7 Å². The van der Waals surface area contributed by atoms with E-state index in [2.05, 4.69) is 19.2 Å². The summed E-state index contributed by atoms with van der Waals surface area (Å²) in [5, 5.41) is 3.43. The molecule has 1 heterocycles. The van der Waals surface area contributed by atoms with Gasteiger partial charge in [0.05, 0.1) is 0 Å². The van der Waals surface area contributed by atoms with E-state index < -0.39 is 0 Å². The van der Waals surface area contributed by atoms with E-state index in [0.29, 0.717) is 18.6 Å². The van der Waals surface area contributed by atoms with Crippen LogP contribution in [0, 0.1) is 5.92 Å². The maximum absolute atomic E-state index is 12.0. The molecule has 0 unspecified atom stereocenters. The summed E-state index contributed by atoms with van der Waals surface area (Å²) in [6.07, 6.45) is 0.862. The van der Waals surface area contributed by atoms with Crippen molar-refractivity contribution in [1.82, 2.24) is 10.2 Å². The van der Waals surface area contributed by atoms with Gasteiger partial charge in [0.25, 0.3) is 0 Å². The third-order valence-electron chi connectivity index (χ3n) is 3.56. The van der Waals surface area contributed by atoms with Crippen molar-refractivity contribution in [2.75, 3.05) is 19.6 Å². The molecule has 4 heteroatoms. The number of carbonyl (C=O) groups is 1. The minimum atomic E-state index is -0.194. The van der Waals surface area contributed by atoms with Crippen molar-refractivity contribution in [3.63, 3.8) is 0 Å². The molecule has 0 aliphatic carbocycles. The Morgan fingerprint density at radius 2 is 2.15 bits per heavy atom. The molecule has 2 rings (SSSR count). The molecular weight excluding hydrogens is 252 g/mol. The molecule has 1 aliphatic rings. The summed E-state index contributed by atoms with van der Waals surface area (Å²) in [6.45, 7) is 7.21. The van der Waals surface area contributed by atoms with Gasteiger partial charge >= 0.3 is 6.09 Å². The predicted molar refractivity (Wildman–Crippen MR) is 79.4 cm³/mol. The second kappa shape index (κ2) is 7.29. The van der Waals surface area contributed by atoms with E-state index in [4.69, 9.17) is 4.74 Å². The first-order chi connectivity index (χ1) is 9.65. The lowest BCUT2D eigenvalue weighted by atomic mass is 10.1. The van der Waals surface area contributed by atoms with Gasteiger partial charge in [0, 0.05) is 19.1 Å². The molecule has 0 saturated carbocycles. The van der Waals surface area contributed by atoms with Gasteiger partial charge in [-0.15, -0.1) is 0 Å². The van der Waals surface area contributed by atoms with Crippen LogP contribution in [0.1, 0.15) is 25.8 Å². The molecule has 1 aliphatic heterocycles. The third kappa shape index (κ3) is 4.53. The summed E-state index contributed by atoms with van der Waals surface area (Å²) >= 11 is 0. The Kier molecular flexibility index (Phi) is 5.41. The number of hydrogen-bond acceptors (Lipinski definition) is 3. The molecule has 1 N–H and O–H groups in total. The van der Waals surface area contributed by atoms with Crippen molar-refractivity contribution in [1.29, 1.82) is 0 Å². The standard InChI is InChI=1S/C16H24N2O2/c1-13(2)17-10-15-8-9-18(11-15)16(19)20-12-14-6-4-3-5-7-14/h3-7,13,15,17H,8-12H2,1-2H3/t15-/m0/s1. The molecule has 110 valence electrons. The van der Waals surface area contributed by atoms with Crippen LogP contribution in [0.4, 0.5) is 4.79 Å². The molecule has 4 nitrogen and oxygen atoms in total. The van der Waals surface area contributed by atoms with E-state index >= 15 is 0 Å². The lowest BCUT2D eigenvalue weighted by Crippen LogP contribution is -2.33. The maximum Gasteiger partial charge on any atom is 0.410 e. The van der Waals surface area contributed by atoms with Gasteiger partial charge < -0.3 is 15.0 Å². The van der Waals surface area contributed by atoms with Crippen molar-refractivity contribution in [3.8, 4) is 0 Å². The number of benzene rings is 1. The zero-order chi connectivity index (χ0) is 14.4. The maximum atomic E-state index is 12.0. The fourth-order valence-electron chi connectivity index (χ4n) is 2.38. The SMILES string of the molecule is CC(C)NC[C@@H]1CCN(C(=O)OCc2ccccc2)C1. The molecular formula is C16H24N2O2. The van der Waals surface area contributed by atoms with Gasteiger partial charge in [-0.2, -0.15) is 0 Å². The molecule has 1 atom stereocenters. The van der Waals surface area contributed by atoms with Crippen molar-refractivity contribution in [3.05, 3.63) is 35.9 Å². The van der Waals surface area contributed by atoms with E-state index in [9.17, 15) is 4.79 Å². The van der Waals surface area contributed by atoms with Gasteiger partial charge in [0.15, 0.2) is 0 Å². The van der Waals surface area contributed by atoms with Gasteiger partial charge in [0.2, 0.25) is 0 Å². The van der Waals surface area contributed by atoms with Crippen LogP contribution >= 0.6 is 0 Å². The van der Waals surface area contributed by atoms with E-state index in [1.807, 2.05) is 35.2 Å². The van der Waals surface area contributed by atoms with Gasteiger partial charge in [-0.1, -0.05) is 44.2 Å². The molecule has 0 aromatic heterocycles. The summed E-state index contributed by atoms with van der Waals surface area (Å²) in [4.78, 5) is 13.8. The Balaban J connectivity index is 1.71. The van der Waals surface area contributed by atoms with Crippen LogP contribution in [0.3, 0.4) is 0 Å². The second-order valence-corrected chi connectivity index (χ2v) is 5.70. The van der Waals surface area contributed by atoms with Crippen molar-refractivity contribution in [2.24, 2.45) is 5.92 Å². The van der Waals surface area contributed by atoms with Crippen LogP contribution in [0.2, 0.25) is 0 Å². The molecule has 1 aromatic carbocycles. The molecule has 1 fully saturated rings. The summed E-state index contributed by atoms with van der Waals surface area (Å²) in [7, 11) is 0. The number of carbonyl (C=O) groups excluding carboxylic acids is 1. The summed E-state index contributed by atoms with van der Waals surface area (Å²) in [6, 6.07) is 10.3. The zero-order valence-electron chi connectivity index (χ0n) is 12.3. The lowest BCUT2D eigenvalue weighted by molar-refractivity contribution is 0.103. The van der Waals surface area contributed by atoms with Crippen LogP contribution in [0.25, 0.3) is 0 Å². The molecule has 0 spiro atoms. The van der Waals surface area contributed by atoms with E-state index in [1.165, 1.54) is 0 Å². The number of ether oxygens (including phenoxy) is 1. The molecule has 0 bridgehead atoms. The first kappa shape index (κ1) is 14.9. The number of likely N-dealkylation sites (tertiary alicyclic amines) is 1. The number of amides is 1. The fourth-order valence-corrected chi connectivity index (χ4v) is 2.38. The predicted octanol–water partition coefficient (Wildman–Crippen LogP) is 2.64. The largest absolute Gasteiger partial charge is 0.445 e. The Labute approximate surface area is 121 Å². The Hall–Kier alpha value is -1.55. The zero-order valence-corrected chi connectivity index (χ0v) is 12.3. The second-order valence-electron chi connectivity index (χ2n) is 5.70. The first-order valence-corrected chi connectivity index (χ1v) is 7.34. The minimum Gasteiger partial charge on any atom is -0.445 e. The molecule has 1 amide bonds. The van der Waals surface area contributed by atoms with E-state index in [1.54, 1.807) is 0 Å². The fraction of sp³-hybridized carbons (Fsp3) is 0.562. The highest BCUT2D eigenvalue weighted by atomic mass is 16.6. The van der Waals surface area contributed by atoms with Crippen LogP contribution in [-0.2, 0) is 11.3 Å². The first-order valence-electron chi connectivity index (χ1n) is 7.34. The van der Waals surface area contributed by atoms with Gasteiger partial charge in [-0.05, 0) is 24.4 Å². The van der Waals surface area contributed by atoms with Crippen LogP contribution < -0.4 is 5.32 Å². The van der Waals surface area contributed by atoms with E-state index in [-0.39, 0.29) is 6.09 Å². The third-order valence-corrected chi connectivity index (χ3v) is 3.56. The molecule has 0 radical (unpaired) electrons. The Bertz CT molecular complexity index is 420. The highest BCUT2D eigenvalue weighted by Crippen LogP contribution is 2.17. The Morgan fingerprint density at radius 3 is 2.85 bits per heavy atom. The normalized spacial score (nSPS) is 18.6. The average Bonchev–Trinajstić information content (AvgIpc) is 2.92. The van der Waals surface area contributed by atoms with Crippen molar-refractivity contribution >= 4 is 6.09 Å². The quantitative estimate of drug-likeness (QED) is 0.899. The number of rotatable bonds is 5. The molecule has 1 aromatic rings. The summed E-state index contributed by atoms with van der Waals surface area (Å²) in [5.74, 6) is 0.543. The Morgan fingerprint density at radius 1 is 1.40 bits per heavy atom. The van der Waals surface area contributed by atoms with Crippen molar-refractivity contribution in [2.45, 2.75) is 32.9 Å². The minimum absolute atomic E-state index is 0.194. The lowest BCUT2D eigenvalue weighted by Gasteiger charge is -2.17. The summed E-state index contributed by atoms with van der Waals surface area (Å²) < 4.78 is 5.35. The van der Waals surface area contributed by atoms with Gasteiger partial charge in [-0.25, -0.2) is 4.79 Å².